The van der Waals surface area contributed by atoms with E-state index in [1.807, 2.05) is 6.08 Å². The van der Waals surface area contributed by atoms with Gasteiger partial charge in [-0.2, -0.15) is 0 Å². The molecule has 3 N–H and O–H groups in total. The Bertz CT molecular complexity index is 915. The van der Waals surface area contributed by atoms with Gasteiger partial charge in [0, 0.05) is 6.42 Å². The third-order valence-electron chi connectivity index (χ3n) is 9.68. The quantitative estimate of drug-likeness (QED) is 0.0437. The van der Waals surface area contributed by atoms with Crippen molar-refractivity contribution >= 4 is 5.91 Å². The second kappa shape index (κ2) is 43.2. The van der Waals surface area contributed by atoms with Crippen LogP contribution in [0.3, 0.4) is 0 Å². The molecule has 0 aromatic heterocycles. The van der Waals surface area contributed by atoms with Crippen LogP contribution in [0, 0.1) is 0 Å². The Morgan fingerprint density at radius 1 is 0.481 bits per heavy atom. The summed E-state index contributed by atoms with van der Waals surface area (Å²) in [6.45, 7) is 3.99. The maximum atomic E-state index is 12.2. The molecule has 52 heavy (non-hydrogen) atoms. The summed E-state index contributed by atoms with van der Waals surface area (Å²) in [7, 11) is 0. The maximum absolute atomic E-state index is 12.2. The predicted octanol–water partition coefficient (Wildman–Crippen LogP) is 13.9. The molecule has 4 nitrogen and oxygen atoms in total. The molecule has 0 bridgehead atoms. The van der Waals surface area contributed by atoms with Crippen LogP contribution in [0.15, 0.2) is 72.9 Å². The number of aliphatic hydroxyl groups is 2. The molecule has 4 heteroatoms. The van der Waals surface area contributed by atoms with Crippen molar-refractivity contribution in [3.8, 4) is 0 Å². The lowest BCUT2D eigenvalue weighted by molar-refractivity contribution is -0.123. The van der Waals surface area contributed by atoms with Crippen LogP contribution in [0.5, 0.6) is 0 Å². The van der Waals surface area contributed by atoms with Gasteiger partial charge in [0.2, 0.25) is 5.91 Å². The average Bonchev–Trinajstić information content (AvgIpc) is 3.15. The van der Waals surface area contributed by atoms with Gasteiger partial charge in [0.25, 0.3) is 0 Å². The molecule has 0 aromatic rings. The zero-order valence-corrected chi connectivity index (χ0v) is 34.3. The number of nitrogens with one attached hydrogen (secondary N) is 1. The highest BCUT2D eigenvalue weighted by molar-refractivity contribution is 5.76. The molecule has 0 aromatic carbocycles. The van der Waals surface area contributed by atoms with E-state index in [1.54, 1.807) is 6.08 Å². The Hall–Kier alpha value is -2.17. The van der Waals surface area contributed by atoms with E-state index in [9.17, 15) is 15.0 Å². The Morgan fingerprint density at radius 3 is 1.23 bits per heavy atom. The third-order valence-corrected chi connectivity index (χ3v) is 9.68. The highest BCUT2D eigenvalue weighted by atomic mass is 16.3. The molecule has 0 radical (unpaired) electrons. The maximum Gasteiger partial charge on any atom is 0.220 e. The summed E-state index contributed by atoms with van der Waals surface area (Å²) in [5, 5.41) is 22.4. The molecule has 0 fully saturated rings. The smallest absolute Gasteiger partial charge is 0.220 e. The van der Waals surface area contributed by atoms with E-state index < -0.39 is 12.1 Å². The van der Waals surface area contributed by atoms with E-state index in [4.69, 9.17) is 0 Å². The molecule has 0 aliphatic heterocycles. The Morgan fingerprint density at radius 2 is 0.846 bits per heavy atom. The molecule has 0 saturated carbocycles. The zero-order valence-electron chi connectivity index (χ0n) is 34.3. The lowest BCUT2D eigenvalue weighted by Gasteiger charge is -2.19. The number of carbonyl (C=O) groups is 1. The minimum absolute atomic E-state index is 0.0764. The Labute approximate surface area is 323 Å². The van der Waals surface area contributed by atoms with Crippen molar-refractivity contribution < 1.29 is 15.0 Å². The molecule has 2 atom stereocenters. The van der Waals surface area contributed by atoms with Gasteiger partial charge in [-0.05, 0) is 57.8 Å². The predicted molar refractivity (Wildman–Crippen MR) is 230 cm³/mol. The Kier molecular flexibility index (Phi) is 41.4. The molecular weight excluding hydrogens is 639 g/mol. The number of aliphatic hydroxyl groups excluding tert-OH is 2. The number of unbranched alkanes of at least 4 members (excludes halogenated alkanes) is 22. The summed E-state index contributed by atoms with van der Waals surface area (Å²) >= 11 is 0. The highest BCUT2D eigenvalue weighted by Crippen LogP contribution is 2.16. The summed E-state index contributed by atoms with van der Waals surface area (Å²) < 4.78 is 0. The number of hydrogen-bond acceptors (Lipinski definition) is 3. The molecular formula is C48H85NO3. The van der Waals surface area contributed by atoms with Crippen LogP contribution >= 0.6 is 0 Å². The molecule has 1 amide bonds. The Balaban J connectivity index is 3.35. The molecule has 300 valence electrons. The molecule has 0 aliphatic carbocycles. The van der Waals surface area contributed by atoms with Crippen LogP contribution in [-0.4, -0.2) is 34.9 Å². The largest absolute Gasteiger partial charge is 0.394 e. The average molecular weight is 724 g/mol. The minimum Gasteiger partial charge on any atom is -0.394 e. The summed E-state index contributed by atoms with van der Waals surface area (Å²) in [4.78, 5) is 12.2. The fraction of sp³-hybridized carbons (Fsp3) is 0.729. The fourth-order valence-electron chi connectivity index (χ4n) is 6.33. The molecule has 0 aliphatic rings. The lowest BCUT2D eigenvalue weighted by Crippen LogP contribution is -2.45. The van der Waals surface area contributed by atoms with Crippen LogP contribution in [0.2, 0.25) is 0 Å². The summed E-state index contributed by atoms with van der Waals surface area (Å²) in [5.74, 6) is -0.0764. The van der Waals surface area contributed by atoms with E-state index in [1.165, 1.54) is 128 Å². The van der Waals surface area contributed by atoms with Gasteiger partial charge in [0.05, 0.1) is 18.8 Å². The fourth-order valence-corrected chi connectivity index (χ4v) is 6.33. The number of allylic oxidation sites excluding steroid dienone is 11. The molecule has 0 spiro atoms. The van der Waals surface area contributed by atoms with E-state index >= 15 is 0 Å². The van der Waals surface area contributed by atoms with Crippen molar-refractivity contribution in [1.82, 2.24) is 5.32 Å². The van der Waals surface area contributed by atoms with Crippen molar-refractivity contribution in [3.63, 3.8) is 0 Å². The molecule has 0 heterocycles. The summed E-state index contributed by atoms with van der Waals surface area (Å²) in [5.41, 5.74) is 0. The minimum atomic E-state index is -0.835. The van der Waals surface area contributed by atoms with Crippen molar-refractivity contribution in [1.29, 1.82) is 0 Å². The van der Waals surface area contributed by atoms with Gasteiger partial charge in [0.1, 0.15) is 0 Å². The summed E-state index contributed by atoms with van der Waals surface area (Å²) in [6, 6.07) is -0.617. The van der Waals surface area contributed by atoms with Crippen LogP contribution in [0.25, 0.3) is 0 Å². The van der Waals surface area contributed by atoms with Gasteiger partial charge in [-0.1, -0.05) is 215 Å². The topological polar surface area (TPSA) is 69.6 Å². The lowest BCUT2D eigenvalue weighted by atomic mass is 10.0. The van der Waals surface area contributed by atoms with E-state index in [0.29, 0.717) is 6.42 Å². The second-order valence-electron chi connectivity index (χ2n) is 14.7. The van der Waals surface area contributed by atoms with E-state index in [-0.39, 0.29) is 12.5 Å². The third kappa shape index (κ3) is 39.0. The molecule has 0 saturated heterocycles. The standard InChI is InChI=1S/C48H85NO3/c1-3-5-7-8-9-10-11-12-13-14-15-16-17-18-19-20-21-22-23-24-25-26-27-28-29-30-31-32-33-34-35-36-37-38-39-40-42-44-48(52)49-46(45-50)47(51)43-41-6-4-2/h5,7,9-10,12-13,15-16,18-19,41,43,46-47,50-51H,3-4,6,8,11,14,17,20-40,42,44-45H2,1-2H3,(H,49,52)/b7-5-,10-9-,13-12-,16-15-,19-18-,43-41+. The van der Waals surface area contributed by atoms with Gasteiger partial charge in [-0.15, -0.1) is 0 Å². The number of amides is 1. The second-order valence-corrected chi connectivity index (χ2v) is 14.7. The SMILES string of the molecule is CC/C=C\C/C=C\C/C=C\C/C=C\C/C=C\CCCCCCCCCCCCCCCCCCCCCCCC(=O)NC(CO)C(O)/C=C/CCC. The van der Waals surface area contributed by atoms with Crippen molar-refractivity contribution in [2.45, 2.75) is 219 Å². The number of rotatable bonds is 39. The number of hydrogen-bond donors (Lipinski definition) is 3. The first kappa shape index (κ1) is 49.8. The first-order valence-corrected chi connectivity index (χ1v) is 22.2. The van der Waals surface area contributed by atoms with Gasteiger partial charge in [-0.25, -0.2) is 0 Å². The molecule has 0 rings (SSSR count). The molecule has 2 unspecified atom stereocenters. The first-order chi connectivity index (χ1) is 25.7. The van der Waals surface area contributed by atoms with Crippen LogP contribution in [0.1, 0.15) is 206 Å². The van der Waals surface area contributed by atoms with E-state index in [2.05, 4.69) is 79.9 Å². The monoisotopic (exact) mass is 724 g/mol. The highest BCUT2D eigenvalue weighted by Gasteiger charge is 2.17. The van der Waals surface area contributed by atoms with E-state index in [0.717, 1.165) is 57.8 Å². The van der Waals surface area contributed by atoms with Gasteiger partial charge >= 0.3 is 0 Å². The van der Waals surface area contributed by atoms with Crippen LogP contribution in [-0.2, 0) is 4.79 Å². The van der Waals surface area contributed by atoms with Crippen LogP contribution in [0.4, 0.5) is 0 Å². The first-order valence-electron chi connectivity index (χ1n) is 22.2. The van der Waals surface area contributed by atoms with Crippen molar-refractivity contribution in [2.75, 3.05) is 6.61 Å². The van der Waals surface area contributed by atoms with Crippen LogP contribution < -0.4 is 5.32 Å². The summed E-state index contributed by atoms with van der Waals surface area (Å²) in [6.07, 6.45) is 62.5. The van der Waals surface area contributed by atoms with Crippen molar-refractivity contribution in [2.24, 2.45) is 0 Å². The number of carbonyl (C=O) groups excluding carboxylic acids is 1. The van der Waals surface area contributed by atoms with Gasteiger partial charge in [0.15, 0.2) is 0 Å². The normalized spacial score (nSPS) is 13.7. The zero-order chi connectivity index (χ0) is 37.8. The van der Waals surface area contributed by atoms with Gasteiger partial charge in [-0.3, -0.25) is 4.79 Å². The van der Waals surface area contributed by atoms with Crippen molar-refractivity contribution in [3.05, 3.63) is 72.9 Å². The van der Waals surface area contributed by atoms with Gasteiger partial charge < -0.3 is 15.5 Å².